The van der Waals surface area contributed by atoms with Crippen LogP contribution in [0.3, 0.4) is 0 Å². The van der Waals surface area contributed by atoms with Gasteiger partial charge in [-0.2, -0.15) is 5.10 Å². The molecule has 0 bridgehead atoms. The number of rotatable bonds is 3. The van der Waals surface area contributed by atoms with E-state index in [0.29, 0.717) is 0 Å². The standard InChI is InChI=1S/C15H20N4/c1-19-15(6-8-18-19)14-5-4-13(11-17-14)9-12-3-2-7-16-10-12/h4-6,8,11-12,16H,2-3,7,9-10H2,1H3. The summed E-state index contributed by atoms with van der Waals surface area (Å²) >= 11 is 0. The molecule has 1 fully saturated rings. The second kappa shape index (κ2) is 5.53. The molecule has 2 aromatic rings. The Morgan fingerprint density at radius 3 is 2.95 bits per heavy atom. The van der Waals surface area contributed by atoms with E-state index in [1.807, 2.05) is 24.0 Å². The Morgan fingerprint density at radius 2 is 2.32 bits per heavy atom. The zero-order valence-corrected chi connectivity index (χ0v) is 11.3. The van der Waals surface area contributed by atoms with Crippen LogP contribution in [0.2, 0.25) is 0 Å². The average Bonchev–Trinajstić information content (AvgIpc) is 2.87. The lowest BCUT2D eigenvalue weighted by molar-refractivity contribution is 0.376. The van der Waals surface area contributed by atoms with Crippen molar-refractivity contribution in [3.8, 4) is 11.4 Å². The van der Waals surface area contributed by atoms with E-state index in [0.717, 1.165) is 30.3 Å². The van der Waals surface area contributed by atoms with Crippen LogP contribution in [0.4, 0.5) is 0 Å². The van der Waals surface area contributed by atoms with Gasteiger partial charge in [0.25, 0.3) is 0 Å². The van der Waals surface area contributed by atoms with Crippen LogP contribution < -0.4 is 5.32 Å². The lowest BCUT2D eigenvalue weighted by Crippen LogP contribution is -2.30. The van der Waals surface area contributed by atoms with Crippen LogP contribution in [0.1, 0.15) is 18.4 Å². The molecule has 0 saturated carbocycles. The lowest BCUT2D eigenvalue weighted by Gasteiger charge is -2.22. The Hall–Kier alpha value is -1.68. The van der Waals surface area contributed by atoms with Gasteiger partial charge >= 0.3 is 0 Å². The van der Waals surface area contributed by atoms with Gasteiger partial charge in [0.2, 0.25) is 0 Å². The molecule has 3 heterocycles. The SMILES string of the molecule is Cn1nccc1-c1ccc(CC2CCCNC2)cn1. The van der Waals surface area contributed by atoms with Crippen LogP contribution >= 0.6 is 0 Å². The minimum Gasteiger partial charge on any atom is -0.316 e. The molecule has 0 spiro atoms. The number of nitrogens with one attached hydrogen (secondary N) is 1. The molecule has 100 valence electrons. The van der Waals surface area contributed by atoms with E-state index in [-0.39, 0.29) is 0 Å². The summed E-state index contributed by atoms with van der Waals surface area (Å²) in [5.74, 6) is 0.762. The van der Waals surface area contributed by atoms with Crippen molar-refractivity contribution in [1.82, 2.24) is 20.1 Å². The quantitative estimate of drug-likeness (QED) is 0.913. The fourth-order valence-corrected chi connectivity index (χ4v) is 2.75. The van der Waals surface area contributed by atoms with Crippen molar-refractivity contribution >= 4 is 0 Å². The Morgan fingerprint density at radius 1 is 1.37 bits per heavy atom. The number of aromatic nitrogens is 3. The first kappa shape index (κ1) is 12.4. The molecular weight excluding hydrogens is 236 g/mol. The summed E-state index contributed by atoms with van der Waals surface area (Å²) in [6.07, 6.45) is 7.57. The number of aryl methyl sites for hydroxylation is 1. The maximum absolute atomic E-state index is 4.57. The molecule has 1 N–H and O–H groups in total. The van der Waals surface area contributed by atoms with E-state index in [4.69, 9.17) is 0 Å². The van der Waals surface area contributed by atoms with Gasteiger partial charge in [-0.3, -0.25) is 9.67 Å². The van der Waals surface area contributed by atoms with Crippen LogP contribution in [0, 0.1) is 5.92 Å². The van der Waals surface area contributed by atoms with E-state index in [9.17, 15) is 0 Å². The van der Waals surface area contributed by atoms with E-state index in [2.05, 4.69) is 27.5 Å². The minimum atomic E-state index is 0.762. The van der Waals surface area contributed by atoms with Crippen molar-refractivity contribution in [3.05, 3.63) is 36.2 Å². The van der Waals surface area contributed by atoms with Crippen molar-refractivity contribution in [2.75, 3.05) is 13.1 Å². The van der Waals surface area contributed by atoms with Crippen LogP contribution in [-0.2, 0) is 13.5 Å². The van der Waals surface area contributed by atoms with Crippen molar-refractivity contribution in [3.63, 3.8) is 0 Å². The molecule has 1 aliphatic rings. The Kier molecular flexibility index (Phi) is 3.60. The Bertz CT molecular complexity index is 523. The number of hydrogen-bond donors (Lipinski definition) is 1. The van der Waals surface area contributed by atoms with Gasteiger partial charge in [-0.15, -0.1) is 0 Å². The van der Waals surface area contributed by atoms with Crippen LogP contribution in [0.5, 0.6) is 0 Å². The zero-order valence-electron chi connectivity index (χ0n) is 11.3. The van der Waals surface area contributed by atoms with Crippen LogP contribution in [-0.4, -0.2) is 27.9 Å². The molecule has 3 rings (SSSR count). The maximum Gasteiger partial charge on any atom is 0.0883 e. The third-order valence-corrected chi connectivity index (χ3v) is 3.83. The first-order valence-electron chi connectivity index (χ1n) is 6.97. The van der Waals surface area contributed by atoms with E-state index in [1.54, 1.807) is 6.20 Å². The molecule has 2 aromatic heterocycles. The normalized spacial score (nSPS) is 19.5. The van der Waals surface area contributed by atoms with Gasteiger partial charge < -0.3 is 5.32 Å². The molecule has 19 heavy (non-hydrogen) atoms. The fraction of sp³-hybridized carbons (Fsp3) is 0.467. The van der Waals surface area contributed by atoms with Gasteiger partial charge in [-0.25, -0.2) is 0 Å². The molecule has 1 atom stereocenters. The largest absolute Gasteiger partial charge is 0.316 e. The second-order valence-electron chi connectivity index (χ2n) is 5.31. The third kappa shape index (κ3) is 2.84. The summed E-state index contributed by atoms with van der Waals surface area (Å²) < 4.78 is 1.85. The second-order valence-corrected chi connectivity index (χ2v) is 5.31. The molecule has 1 saturated heterocycles. The van der Waals surface area contributed by atoms with Gasteiger partial charge in [0.05, 0.1) is 11.4 Å². The highest BCUT2D eigenvalue weighted by Gasteiger charge is 2.13. The predicted molar refractivity (Wildman–Crippen MR) is 75.7 cm³/mol. The number of nitrogens with zero attached hydrogens (tertiary/aromatic N) is 3. The number of hydrogen-bond acceptors (Lipinski definition) is 3. The van der Waals surface area contributed by atoms with Crippen LogP contribution in [0.15, 0.2) is 30.6 Å². The highest BCUT2D eigenvalue weighted by atomic mass is 15.3. The first-order valence-corrected chi connectivity index (χ1v) is 6.97. The molecule has 0 aliphatic carbocycles. The summed E-state index contributed by atoms with van der Waals surface area (Å²) in [4.78, 5) is 4.57. The van der Waals surface area contributed by atoms with Crippen molar-refractivity contribution < 1.29 is 0 Å². The Balaban J connectivity index is 1.70. The smallest absolute Gasteiger partial charge is 0.0883 e. The molecule has 1 unspecified atom stereocenters. The van der Waals surface area contributed by atoms with Crippen molar-refractivity contribution in [2.45, 2.75) is 19.3 Å². The molecule has 4 nitrogen and oxygen atoms in total. The number of pyridine rings is 1. The van der Waals surface area contributed by atoms with Crippen LogP contribution in [0.25, 0.3) is 11.4 Å². The molecular formula is C15H20N4. The molecule has 0 radical (unpaired) electrons. The summed E-state index contributed by atoms with van der Waals surface area (Å²) in [7, 11) is 1.94. The van der Waals surface area contributed by atoms with Gasteiger partial charge in [0.15, 0.2) is 0 Å². The zero-order chi connectivity index (χ0) is 13.1. The van der Waals surface area contributed by atoms with E-state index < -0.39 is 0 Å². The minimum absolute atomic E-state index is 0.762. The summed E-state index contributed by atoms with van der Waals surface area (Å²) in [6.45, 7) is 2.32. The molecule has 0 aromatic carbocycles. The monoisotopic (exact) mass is 256 g/mol. The fourth-order valence-electron chi connectivity index (χ4n) is 2.75. The highest BCUT2D eigenvalue weighted by molar-refractivity contribution is 5.53. The van der Waals surface area contributed by atoms with Gasteiger partial charge in [0, 0.05) is 19.4 Å². The van der Waals surface area contributed by atoms with Crippen molar-refractivity contribution in [2.24, 2.45) is 13.0 Å². The molecule has 1 aliphatic heterocycles. The Labute approximate surface area is 113 Å². The summed E-state index contributed by atoms with van der Waals surface area (Å²) in [5.41, 5.74) is 3.39. The predicted octanol–water partition coefficient (Wildman–Crippen LogP) is 2.02. The summed E-state index contributed by atoms with van der Waals surface area (Å²) in [6, 6.07) is 6.29. The van der Waals surface area contributed by atoms with Gasteiger partial charge in [-0.1, -0.05) is 6.07 Å². The first-order chi connectivity index (χ1) is 9.33. The maximum atomic E-state index is 4.57. The van der Waals surface area contributed by atoms with E-state index in [1.165, 1.54) is 24.9 Å². The molecule has 0 amide bonds. The topological polar surface area (TPSA) is 42.7 Å². The lowest BCUT2D eigenvalue weighted by atomic mass is 9.93. The highest BCUT2D eigenvalue weighted by Crippen LogP contribution is 2.19. The average molecular weight is 256 g/mol. The third-order valence-electron chi connectivity index (χ3n) is 3.83. The molecule has 4 heteroatoms. The number of piperidine rings is 1. The van der Waals surface area contributed by atoms with Gasteiger partial charge in [0.1, 0.15) is 0 Å². The van der Waals surface area contributed by atoms with Crippen molar-refractivity contribution in [1.29, 1.82) is 0 Å². The summed E-state index contributed by atoms with van der Waals surface area (Å²) in [5, 5.41) is 7.64. The van der Waals surface area contributed by atoms with E-state index >= 15 is 0 Å². The van der Waals surface area contributed by atoms with Gasteiger partial charge in [-0.05, 0) is 56.0 Å².